The van der Waals surface area contributed by atoms with Crippen molar-refractivity contribution in [2.45, 2.75) is 5.54 Å². The molecule has 200 valence electrons. The SMILES string of the molecule is COc1ccc(C2=CC(C(=O)O)(c3cc(-c4ccc(OC)cc4)cc(C(=O)O)n3)NC(c3ccccn3)=C2)cc1. The molecule has 0 saturated carbocycles. The molecule has 4 aromatic rings. The normalized spacial score (nSPS) is 16.2. The van der Waals surface area contributed by atoms with E-state index in [1.807, 2.05) is 12.1 Å². The summed E-state index contributed by atoms with van der Waals surface area (Å²) in [5.41, 5.74) is 1.19. The van der Waals surface area contributed by atoms with Gasteiger partial charge in [-0.1, -0.05) is 30.3 Å². The fourth-order valence-corrected chi connectivity index (χ4v) is 4.48. The molecular weight excluding hydrogens is 510 g/mol. The number of aromatic nitrogens is 2. The Hall–Kier alpha value is -5.44. The van der Waals surface area contributed by atoms with Gasteiger partial charge in [-0.3, -0.25) is 4.98 Å². The van der Waals surface area contributed by atoms with Crippen LogP contribution in [0.4, 0.5) is 0 Å². The Labute approximate surface area is 230 Å². The second-order valence-electron chi connectivity index (χ2n) is 9.00. The molecule has 3 heterocycles. The maximum absolute atomic E-state index is 13.2. The topological polar surface area (TPSA) is 131 Å². The second kappa shape index (κ2) is 10.7. The number of benzene rings is 2. The first-order valence-corrected chi connectivity index (χ1v) is 12.3. The van der Waals surface area contributed by atoms with Crippen molar-refractivity contribution >= 4 is 23.2 Å². The summed E-state index contributed by atoms with van der Waals surface area (Å²) in [4.78, 5) is 34.0. The lowest BCUT2D eigenvalue weighted by Gasteiger charge is -2.33. The summed E-state index contributed by atoms with van der Waals surface area (Å²) in [7, 11) is 3.11. The molecule has 0 spiro atoms. The Bertz CT molecular complexity index is 1630. The van der Waals surface area contributed by atoms with Crippen molar-refractivity contribution < 1.29 is 29.3 Å². The molecule has 0 amide bonds. The van der Waals surface area contributed by atoms with Crippen molar-refractivity contribution in [3.8, 4) is 22.6 Å². The van der Waals surface area contributed by atoms with Gasteiger partial charge < -0.3 is 25.0 Å². The van der Waals surface area contributed by atoms with Gasteiger partial charge in [-0.2, -0.15) is 0 Å². The fourth-order valence-electron chi connectivity index (χ4n) is 4.48. The highest BCUT2D eigenvalue weighted by molar-refractivity contribution is 5.96. The lowest BCUT2D eigenvalue weighted by Crippen LogP contribution is -2.49. The van der Waals surface area contributed by atoms with Gasteiger partial charge in [-0.25, -0.2) is 14.6 Å². The summed E-state index contributed by atoms with van der Waals surface area (Å²) < 4.78 is 10.5. The van der Waals surface area contributed by atoms with Crippen LogP contribution in [0, 0.1) is 0 Å². The summed E-state index contributed by atoms with van der Waals surface area (Å²) in [6, 6.07) is 22.5. The van der Waals surface area contributed by atoms with Crippen LogP contribution in [0.5, 0.6) is 11.5 Å². The van der Waals surface area contributed by atoms with Crippen LogP contribution in [-0.2, 0) is 10.3 Å². The number of methoxy groups -OCH3 is 2. The summed E-state index contributed by atoms with van der Waals surface area (Å²) in [6.07, 6.45) is 4.95. The summed E-state index contributed by atoms with van der Waals surface area (Å²) in [5.74, 6) is -1.27. The fraction of sp³-hybridized carbons (Fsp3) is 0.0968. The molecule has 2 aromatic carbocycles. The molecule has 40 heavy (non-hydrogen) atoms. The predicted molar refractivity (Wildman–Crippen MR) is 149 cm³/mol. The van der Waals surface area contributed by atoms with Crippen molar-refractivity contribution in [3.05, 3.63) is 120 Å². The van der Waals surface area contributed by atoms with Gasteiger partial charge in [0.25, 0.3) is 0 Å². The molecule has 3 N–H and O–H groups in total. The van der Waals surface area contributed by atoms with E-state index in [0.717, 1.165) is 5.56 Å². The number of pyridine rings is 2. The number of hydrogen-bond acceptors (Lipinski definition) is 7. The summed E-state index contributed by atoms with van der Waals surface area (Å²) >= 11 is 0. The number of carboxylic acids is 2. The minimum absolute atomic E-state index is 0.00161. The van der Waals surface area contributed by atoms with Gasteiger partial charge in [0, 0.05) is 6.20 Å². The van der Waals surface area contributed by atoms with E-state index in [0.29, 0.717) is 39.6 Å². The Kier molecular flexibility index (Phi) is 7.03. The van der Waals surface area contributed by atoms with E-state index in [9.17, 15) is 19.8 Å². The molecule has 0 saturated heterocycles. The van der Waals surface area contributed by atoms with Gasteiger partial charge in [-0.15, -0.1) is 0 Å². The highest BCUT2D eigenvalue weighted by Gasteiger charge is 2.44. The third-order valence-corrected chi connectivity index (χ3v) is 6.58. The van der Waals surface area contributed by atoms with Crippen LogP contribution in [0.1, 0.15) is 27.4 Å². The highest BCUT2D eigenvalue weighted by atomic mass is 16.5. The molecule has 9 nitrogen and oxygen atoms in total. The molecule has 2 aromatic heterocycles. The third-order valence-electron chi connectivity index (χ3n) is 6.58. The molecule has 0 aliphatic carbocycles. The van der Waals surface area contributed by atoms with E-state index >= 15 is 0 Å². The Morgan fingerprint density at radius 2 is 1.48 bits per heavy atom. The van der Waals surface area contributed by atoms with E-state index < -0.39 is 17.5 Å². The smallest absolute Gasteiger partial charge is 0.354 e. The van der Waals surface area contributed by atoms with Crippen LogP contribution in [0.15, 0.2) is 97.2 Å². The first kappa shape index (κ1) is 26.2. The van der Waals surface area contributed by atoms with E-state index in [4.69, 9.17) is 9.47 Å². The van der Waals surface area contributed by atoms with Crippen molar-refractivity contribution in [2.24, 2.45) is 0 Å². The quantitative estimate of drug-likeness (QED) is 0.289. The van der Waals surface area contributed by atoms with Crippen LogP contribution in [0.3, 0.4) is 0 Å². The number of carbonyl (C=O) groups is 2. The Balaban J connectivity index is 1.74. The van der Waals surface area contributed by atoms with E-state index in [1.165, 1.54) is 12.1 Å². The van der Waals surface area contributed by atoms with Crippen LogP contribution in [0.2, 0.25) is 0 Å². The van der Waals surface area contributed by atoms with Gasteiger partial charge in [0.15, 0.2) is 5.54 Å². The maximum Gasteiger partial charge on any atom is 0.354 e. The number of aliphatic carboxylic acids is 1. The average Bonchev–Trinajstić information content (AvgIpc) is 3.01. The molecule has 0 fully saturated rings. The van der Waals surface area contributed by atoms with Crippen molar-refractivity contribution in [1.29, 1.82) is 0 Å². The molecular formula is C31H25N3O6. The Morgan fingerprint density at radius 3 is 2.02 bits per heavy atom. The van der Waals surface area contributed by atoms with Crippen LogP contribution in [0.25, 0.3) is 22.4 Å². The number of rotatable bonds is 8. The molecule has 0 radical (unpaired) electrons. The van der Waals surface area contributed by atoms with E-state index in [1.54, 1.807) is 87.2 Å². The minimum Gasteiger partial charge on any atom is -0.497 e. The number of aromatic carboxylic acids is 1. The second-order valence-corrected chi connectivity index (χ2v) is 9.00. The van der Waals surface area contributed by atoms with Crippen molar-refractivity contribution in [1.82, 2.24) is 15.3 Å². The van der Waals surface area contributed by atoms with Gasteiger partial charge in [0.05, 0.1) is 31.3 Å². The number of dihydropyridines is 1. The van der Waals surface area contributed by atoms with Crippen LogP contribution >= 0.6 is 0 Å². The molecule has 9 heteroatoms. The van der Waals surface area contributed by atoms with Crippen LogP contribution < -0.4 is 14.8 Å². The molecule has 1 aliphatic heterocycles. The lowest BCUT2D eigenvalue weighted by molar-refractivity contribution is -0.142. The summed E-state index contributed by atoms with van der Waals surface area (Å²) in [5, 5.41) is 23.7. The minimum atomic E-state index is -1.93. The predicted octanol–water partition coefficient (Wildman–Crippen LogP) is 4.87. The third kappa shape index (κ3) is 5.00. The van der Waals surface area contributed by atoms with E-state index in [2.05, 4.69) is 15.3 Å². The molecule has 1 aliphatic rings. The number of carboxylic acid groups (broad SMARTS) is 2. The standard InChI is InChI=1S/C31H25N3O6/c1-39-23-10-6-19(7-11-23)21-15-27(29(35)36)33-28(17-21)31(30(37)38)18-22(20-8-12-24(40-2)13-9-20)16-26(34-31)25-5-3-4-14-32-25/h3-18,34H,1-2H3,(H,35,36)(H,37,38). The summed E-state index contributed by atoms with van der Waals surface area (Å²) in [6.45, 7) is 0. The first-order valence-electron chi connectivity index (χ1n) is 12.3. The van der Waals surface area contributed by atoms with Crippen molar-refractivity contribution in [3.63, 3.8) is 0 Å². The van der Waals surface area contributed by atoms with Gasteiger partial charge >= 0.3 is 11.9 Å². The molecule has 1 atom stereocenters. The molecule has 0 bridgehead atoms. The van der Waals surface area contributed by atoms with Gasteiger partial charge in [0.2, 0.25) is 0 Å². The first-order chi connectivity index (χ1) is 19.3. The lowest BCUT2D eigenvalue weighted by atomic mass is 9.84. The van der Waals surface area contributed by atoms with Gasteiger partial charge in [0.1, 0.15) is 17.2 Å². The molecule has 5 rings (SSSR count). The zero-order valence-corrected chi connectivity index (χ0v) is 21.7. The zero-order valence-electron chi connectivity index (χ0n) is 21.7. The number of allylic oxidation sites excluding steroid dienone is 2. The number of ether oxygens (including phenoxy) is 2. The average molecular weight is 536 g/mol. The van der Waals surface area contributed by atoms with Crippen molar-refractivity contribution in [2.75, 3.05) is 14.2 Å². The van der Waals surface area contributed by atoms with E-state index in [-0.39, 0.29) is 11.4 Å². The number of nitrogens with zero attached hydrogens (tertiary/aromatic N) is 2. The Morgan fingerprint density at radius 1 is 0.825 bits per heavy atom. The van der Waals surface area contributed by atoms with Crippen LogP contribution in [-0.4, -0.2) is 46.3 Å². The molecule has 1 unspecified atom stereocenters. The number of nitrogens with one attached hydrogen (secondary N) is 1. The number of hydrogen-bond donors (Lipinski definition) is 3. The maximum atomic E-state index is 13.2. The largest absolute Gasteiger partial charge is 0.497 e. The monoisotopic (exact) mass is 535 g/mol. The highest BCUT2D eigenvalue weighted by Crippen LogP contribution is 2.37. The van der Waals surface area contributed by atoms with Gasteiger partial charge in [-0.05, 0) is 82.9 Å². The zero-order chi connectivity index (χ0) is 28.3.